The fourth-order valence-electron chi connectivity index (χ4n) is 1.45. The molecule has 0 spiro atoms. The molecule has 0 aliphatic heterocycles. The number of carbonyl (C=O) groups is 1. The molecule has 2 aromatic rings. The molecule has 1 amide bonds. The highest BCUT2D eigenvalue weighted by Crippen LogP contribution is 2.27. The summed E-state index contributed by atoms with van der Waals surface area (Å²) in [5.41, 5.74) is 1.03. The molecule has 1 N–H and O–H groups in total. The molecule has 0 unspecified atom stereocenters. The summed E-state index contributed by atoms with van der Waals surface area (Å²) in [6.07, 6.45) is 0. The van der Waals surface area contributed by atoms with E-state index in [0.29, 0.717) is 25.8 Å². The number of nitrogens with one attached hydrogen (secondary N) is 1. The summed E-state index contributed by atoms with van der Waals surface area (Å²) in [6.45, 7) is 0. The van der Waals surface area contributed by atoms with Gasteiger partial charge >= 0.3 is 0 Å². The van der Waals surface area contributed by atoms with Gasteiger partial charge in [0.1, 0.15) is 0 Å². The quantitative estimate of drug-likeness (QED) is 0.652. The van der Waals surface area contributed by atoms with Crippen molar-refractivity contribution in [3.63, 3.8) is 0 Å². The Kier molecular flexibility index (Phi) is 4.90. The lowest BCUT2D eigenvalue weighted by atomic mass is 10.2. The van der Waals surface area contributed by atoms with E-state index in [9.17, 15) is 4.79 Å². The van der Waals surface area contributed by atoms with Crippen molar-refractivity contribution in [2.45, 2.75) is 0 Å². The molecule has 19 heavy (non-hydrogen) atoms. The Labute approximate surface area is 137 Å². The van der Waals surface area contributed by atoms with E-state index in [4.69, 9.17) is 23.2 Å². The van der Waals surface area contributed by atoms with Crippen molar-refractivity contribution >= 4 is 66.7 Å². The summed E-state index contributed by atoms with van der Waals surface area (Å²) in [4.78, 5) is 12.2. The van der Waals surface area contributed by atoms with Gasteiger partial charge in [0.25, 0.3) is 5.91 Å². The van der Waals surface area contributed by atoms with E-state index in [1.165, 1.54) is 0 Å². The van der Waals surface area contributed by atoms with Gasteiger partial charge in [-0.1, -0.05) is 39.1 Å². The van der Waals surface area contributed by atoms with Gasteiger partial charge in [0, 0.05) is 14.0 Å². The van der Waals surface area contributed by atoms with Crippen LogP contribution in [0.15, 0.2) is 45.3 Å². The SMILES string of the molecule is O=C(Nc1ccc(Cl)cc1Br)c1cc(Br)ccc1Cl. The maximum atomic E-state index is 12.2. The Bertz CT molecular complexity index is 647. The van der Waals surface area contributed by atoms with Crippen LogP contribution in [0.1, 0.15) is 10.4 Å². The van der Waals surface area contributed by atoms with Crippen molar-refractivity contribution in [2.24, 2.45) is 0 Å². The number of hydrogen-bond donors (Lipinski definition) is 1. The van der Waals surface area contributed by atoms with Crippen LogP contribution in [0.3, 0.4) is 0 Å². The van der Waals surface area contributed by atoms with Gasteiger partial charge in [0.05, 0.1) is 16.3 Å². The second-order valence-corrected chi connectivity index (χ2v) is 6.32. The van der Waals surface area contributed by atoms with Gasteiger partial charge in [0.15, 0.2) is 0 Å². The van der Waals surface area contributed by atoms with Gasteiger partial charge in [-0.2, -0.15) is 0 Å². The van der Waals surface area contributed by atoms with Crippen molar-refractivity contribution in [1.82, 2.24) is 0 Å². The topological polar surface area (TPSA) is 29.1 Å². The van der Waals surface area contributed by atoms with Crippen LogP contribution in [0, 0.1) is 0 Å². The third-order valence-corrected chi connectivity index (χ3v) is 4.07. The first-order valence-corrected chi connectivity index (χ1v) is 7.53. The Morgan fingerprint density at radius 1 is 1.05 bits per heavy atom. The molecule has 0 saturated heterocycles. The van der Waals surface area contributed by atoms with E-state index >= 15 is 0 Å². The molecule has 0 radical (unpaired) electrons. The lowest BCUT2D eigenvalue weighted by Gasteiger charge is -2.09. The van der Waals surface area contributed by atoms with Crippen LogP contribution in [-0.2, 0) is 0 Å². The standard InChI is InChI=1S/C13H7Br2Cl2NO/c14-7-1-3-11(17)9(5-7)13(19)18-12-4-2-8(16)6-10(12)15/h1-6H,(H,18,19). The Morgan fingerprint density at radius 3 is 2.47 bits per heavy atom. The molecule has 0 aromatic heterocycles. The zero-order chi connectivity index (χ0) is 14.0. The largest absolute Gasteiger partial charge is 0.321 e. The molecule has 0 bridgehead atoms. The summed E-state index contributed by atoms with van der Waals surface area (Å²) in [6, 6.07) is 10.2. The van der Waals surface area contributed by atoms with Crippen LogP contribution in [0.5, 0.6) is 0 Å². The minimum Gasteiger partial charge on any atom is -0.321 e. The van der Waals surface area contributed by atoms with Crippen LogP contribution in [0.25, 0.3) is 0 Å². The number of anilines is 1. The molecule has 0 atom stereocenters. The number of rotatable bonds is 2. The lowest BCUT2D eigenvalue weighted by molar-refractivity contribution is 0.102. The van der Waals surface area contributed by atoms with E-state index in [1.54, 1.807) is 36.4 Å². The van der Waals surface area contributed by atoms with Crippen LogP contribution >= 0.6 is 55.1 Å². The zero-order valence-electron chi connectivity index (χ0n) is 9.38. The minimum absolute atomic E-state index is 0.283. The molecule has 6 heteroatoms. The number of halogens is 4. The highest BCUT2D eigenvalue weighted by molar-refractivity contribution is 9.10. The summed E-state index contributed by atoms with van der Waals surface area (Å²) < 4.78 is 1.50. The van der Waals surface area contributed by atoms with Crippen molar-refractivity contribution in [1.29, 1.82) is 0 Å². The van der Waals surface area contributed by atoms with Crippen LogP contribution in [0.2, 0.25) is 10.0 Å². The van der Waals surface area contributed by atoms with Crippen LogP contribution in [-0.4, -0.2) is 5.91 Å². The van der Waals surface area contributed by atoms with E-state index in [1.807, 2.05) is 0 Å². The number of amides is 1. The smallest absolute Gasteiger partial charge is 0.257 e. The Balaban J connectivity index is 2.28. The first-order chi connectivity index (χ1) is 8.97. The average Bonchev–Trinajstić information content (AvgIpc) is 2.35. The van der Waals surface area contributed by atoms with Crippen LogP contribution < -0.4 is 5.32 Å². The fourth-order valence-corrected chi connectivity index (χ4v) is 2.80. The number of benzene rings is 2. The monoisotopic (exact) mass is 421 g/mol. The van der Waals surface area contributed by atoms with Crippen molar-refractivity contribution < 1.29 is 4.79 Å². The molecule has 2 nitrogen and oxygen atoms in total. The summed E-state index contributed by atoms with van der Waals surface area (Å²) in [5.74, 6) is -0.283. The molecule has 0 aliphatic rings. The maximum absolute atomic E-state index is 12.2. The van der Waals surface area contributed by atoms with E-state index in [2.05, 4.69) is 37.2 Å². The van der Waals surface area contributed by atoms with Gasteiger partial charge in [0.2, 0.25) is 0 Å². The van der Waals surface area contributed by atoms with E-state index in [0.717, 1.165) is 4.47 Å². The normalized spacial score (nSPS) is 10.3. The van der Waals surface area contributed by atoms with Gasteiger partial charge in [-0.05, 0) is 52.3 Å². The third kappa shape index (κ3) is 3.72. The summed E-state index contributed by atoms with van der Waals surface area (Å²) in [5, 5.41) is 3.75. The molecular weight excluding hydrogens is 417 g/mol. The molecule has 2 rings (SSSR count). The zero-order valence-corrected chi connectivity index (χ0v) is 14.1. The highest BCUT2D eigenvalue weighted by Gasteiger charge is 2.12. The highest BCUT2D eigenvalue weighted by atomic mass is 79.9. The maximum Gasteiger partial charge on any atom is 0.257 e. The molecule has 2 aromatic carbocycles. The Hall–Kier alpha value is -0.550. The van der Waals surface area contributed by atoms with Crippen molar-refractivity contribution in [2.75, 3.05) is 5.32 Å². The van der Waals surface area contributed by atoms with Crippen molar-refractivity contribution in [3.05, 3.63) is 61.0 Å². The molecule has 0 saturated carbocycles. The first kappa shape index (κ1) is 14.9. The number of carbonyl (C=O) groups excluding carboxylic acids is 1. The third-order valence-electron chi connectivity index (χ3n) is 2.35. The van der Waals surface area contributed by atoms with E-state index in [-0.39, 0.29) is 5.91 Å². The predicted octanol–water partition coefficient (Wildman–Crippen LogP) is 5.77. The predicted molar refractivity (Wildman–Crippen MR) is 86.3 cm³/mol. The van der Waals surface area contributed by atoms with Crippen LogP contribution in [0.4, 0.5) is 5.69 Å². The Morgan fingerprint density at radius 2 is 1.79 bits per heavy atom. The minimum atomic E-state index is -0.283. The van der Waals surface area contributed by atoms with E-state index < -0.39 is 0 Å². The summed E-state index contributed by atoms with van der Waals surface area (Å²) >= 11 is 18.5. The molecule has 0 heterocycles. The van der Waals surface area contributed by atoms with Gasteiger partial charge in [-0.25, -0.2) is 0 Å². The molecule has 98 valence electrons. The average molecular weight is 424 g/mol. The molecule has 0 fully saturated rings. The second-order valence-electron chi connectivity index (χ2n) is 3.70. The van der Waals surface area contributed by atoms with Gasteiger partial charge in [-0.3, -0.25) is 4.79 Å². The van der Waals surface area contributed by atoms with Gasteiger partial charge < -0.3 is 5.32 Å². The van der Waals surface area contributed by atoms with Gasteiger partial charge in [-0.15, -0.1) is 0 Å². The lowest BCUT2D eigenvalue weighted by Crippen LogP contribution is -2.12. The molecule has 0 aliphatic carbocycles. The second kappa shape index (κ2) is 6.27. The first-order valence-electron chi connectivity index (χ1n) is 5.19. The fraction of sp³-hybridized carbons (Fsp3) is 0. The van der Waals surface area contributed by atoms with Crippen molar-refractivity contribution in [3.8, 4) is 0 Å². The summed E-state index contributed by atoms with van der Waals surface area (Å²) in [7, 11) is 0. The number of hydrogen-bond acceptors (Lipinski definition) is 1. The molecular formula is C13H7Br2Cl2NO.